The fourth-order valence-corrected chi connectivity index (χ4v) is 2.00. The summed E-state index contributed by atoms with van der Waals surface area (Å²) < 4.78 is 10.2. The maximum atomic E-state index is 11.8. The van der Waals surface area contributed by atoms with Gasteiger partial charge in [-0.1, -0.05) is 30.0 Å². The molecule has 0 amide bonds. The van der Waals surface area contributed by atoms with Crippen LogP contribution >= 0.6 is 11.8 Å². The number of carbonyl (C=O) groups is 1. The van der Waals surface area contributed by atoms with E-state index in [1.165, 1.54) is 18.9 Å². The predicted molar refractivity (Wildman–Crippen MR) is 68.6 cm³/mol. The lowest BCUT2D eigenvalue weighted by Gasteiger charge is -2.09. The van der Waals surface area contributed by atoms with Gasteiger partial charge in [0.1, 0.15) is 11.5 Å². The molecule has 17 heavy (non-hydrogen) atoms. The number of hydrogen-bond acceptors (Lipinski definition) is 4. The van der Waals surface area contributed by atoms with E-state index in [2.05, 4.69) is 0 Å². The first-order valence-corrected chi connectivity index (χ1v) is 6.02. The van der Waals surface area contributed by atoms with Crippen molar-refractivity contribution < 1.29 is 14.3 Å². The molecule has 1 rings (SSSR count). The van der Waals surface area contributed by atoms with Gasteiger partial charge in [-0.15, -0.1) is 0 Å². The Morgan fingerprint density at radius 1 is 1.18 bits per heavy atom. The van der Waals surface area contributed by atoms with E-state index < -0.39 is 0 Å². The van der Waals surface area contributed by atoms with E-state index in [1.807, 2.05) is 30.3 Å². The van der Waals surface area contributed by atoms with Crippen molar-refractivity contribution in [3.63, 3.8) is 0 Å². The zero-order valence-corrected chi connectivity index (χ0v) is 11.0. The normalized spacial score (nSPS) is 11.7. The molecular weight excluding hydrogens is 236 g/mol. The Hall–Kier alpha value is -1.42. The highest BCUT2D eigenvalue weighted by Crippen LogP contribution is 2.22. The molecule has 0 aromatic heterocycles. The molecule has 1 aromatic carbocycles. The van der Waals surface area contributed by atoms with Crippen LogP contribution in [0.15, 0.2) is 46.7 Å². The van der Waals surface area contributed by atoms with Crippen LogP contribution in [0.1, 0.15) is 13.3 Å². The van der Waals surface area contributed by atoms with Crippen LogP contribution < -0.4 is 0 Å². The molecule has 0 atom stereocenters. The molecule has 92 valence electrons. The zero-order valence-electron chi connectivity index (χ0n) is 10.2. The van der Waals surface area contributed by atoms with E-state index in [0.717, 1.165) is 4.90 Å². The van der Waals surface area contributed by atoms with E-state index in [-0.39, 0.29) is 11.5 Å². The number of thioether (sulfide) groups is 1. The van der Waals surface area contributed by atoms with Gasteiger partial charge in [0.2, 0.25) is 5.12 Å². The number of methoxy groups -OCH3 is 2. The van der Waals surface area contributed by atoms with E-state index >= 15 is 0 Å². The van der Waals surface area contributed by atoms with Gasteiger partial charge in [0.15, 0.2) is 0 Å². The summed E-state index contributed by atoms with van der Waals surface area (Å²) in [6.45, 7) is 1.78. The third kappa shape index (κ3) is 4.53. The number of rotatable bonds is 5. The summed E-state index contributed by atoms with van der Waals surface area (Å²) in [5, 5.41) is 0.0319. The van der Waals surface area contributed by atoms with Crippen molar-refractivity contribution in [3.8, 4) is 0 Å². The fraction of sp³-hybridized carbons (Fsp3) is 0.308. The zero-order chi connectivity index (χ0) is 12.7. The average Bonchev–Trinajstić information content (AvgIpc) is 2.36. The minimum absolute atomic E-state index is 0.0319. The van der Waals surface area contributed by atoms with Crippen molar-refractivity contribution >= 4 is 16.9 Å². The van der Waals surface area contributed by atoms with Gasteiger partial charge in [0.05, 0.1) is 20.6 Å². The summed E-state index contributed by atoms with van der Waals surface area (Å²) in [6.07, 6.45) is 0.232. The van der Waals surface area contributed by atoms with Crippen LogP contribution in [0.3, 0.4) is 0 Å². The lowest BCUT2D eigenvalue weighted by molar-refractivity contribution is -0.111. The minimum Gasteiger partial charge on any atom is -0.498 e. The van der Waals surface area contributed by atoms with Gasteiger partial charge >= 0.3 is 0 Å². The predicted octanol–water partition coefficient (Wildman–Crippen LogP) is 3.22. The van der Waals surface area contributed by atoms with Crippen LogP contribution in [-0.4, -0.2) is 19.3 Å². The fourth-order valence-electron chi connectivity index (χ4n) is 1.24. The number of benzene rings is 1. The molecule has 0 fully saturated rings. The van der Waals surface area contributed by atoms with Crippen molar-refractivity contribution in [1.82, 2.24) is 0 Å². The Kier molecular flexibility index (Phi) is 5.63. The van der Waals surface area contributed by atoms with Crippen molar-refractivity contribution in [1.29, 1.82) is 0 Å². The first kappa shape index (κ1) is 13.6. The number of hydrogen-bond donors (Lipinski definition) is 0. The maximum Gasteiger partial charge on any atom is 0.201 e. The van der Waals surface area contributed by atoms with Crippen LogP contribution in [0.2, 0.25) is 0 Å². The van der Waals surface area contributed by atoms with Crippen molar-refractivity contribution in [2.45, 2.75) is 18.2 Å². The first-order valence-electron chi connectivity index (χ1n) is 5.20. The first-order chi connectivity index (χ1) is 8.17. The molecule has 0 N–H and O–H groups in total. The summed E-state index contributed by atoms with van der Waals surface area (Å²) in [7, 11) is 3.10. The van der Waals surface area contributed by atoms with Gasteiger partial charge in [-0.2, -0.15) is 0 Å². The van der Waals surface area contributed by atoms with Gasteiger partial charge in [0.25, 0.3) is 0 Å². The SMILES string of the molecule is CO/C(C)=C(/CC(=O)Sc1ccccc1)OC. The van der Waals surface area contributed by atoms with Crippen molar-refractivity contribution in [2.75, 3.05) is 14.2 Å². The van der Waals surface area contributed by atoms with Gasteiger partial charge in [-0.05, 0) is 19.1 Å². The quantitative estimate of drug-likeness (QED) is 0.595. The van der Waals surface area contributed by atoms with E-state index in [0.29, 0.717) is 11.5 Å². The van der Waals surface area contributed by atoms with Gasteiger partial charge in [-0.3, -0.25) is 4.79 Å². The second-order valence-electron chi connectivity index (χ2n) is 3.35. The Bertz CT molecular complexity index is 398. The molecule has 0 spiro atoms. The molecule has 0 unspecified atom stereocenters. The van der Waals surface area contributed by atoms with Gasteiger partial charge in [-0.25, -0.2) is 0 Å². The van der Waals surface area contributed by atoms with Crippen LogP contribution in [-0.2, 0) is 14.3 Å². The highest BCUT2D eigenvalue weighted by Gasteiger charge is 2.11. The lowest BCUT2D eigenvalue weighted by Crippen LogP contribution is -2.00. The summed E-state index contributed by atoms with van der Waals surface area (Å²) in [4.78, 5) is 12.7. The highest BCUT2D eigenvalue weighted by atomic mass is 32.2. The average molecular weight is 252 g/mol. The topological polar surface area (TPSA) is 35.5 Å². The van der Waals surface area contributed by atoms with Gasteiger partial charge in [0, 0.05) is 4.90 Å². The van der Waals surface area contributed by atoms with Gasteiger partial charge < -0.3 is 9.47 Å². The highest BCUT2D eigenvalue weighted by molar-refractivity contribution is 8.13. The molecule has 3 nitrogen and oxygen atoms in total. The van der Waals surface area contributed by atoms with E-state index in [1.54, 1.807) is 14.0 Å². The number of allylic oxidation sites excluding steroid dienone is 2. The van der Waals surface area contributed by atoms with E-state index in [4.69, 9.17) is 9.47 Å². The van der Waals surface area contributed by atoms with Crippen LogP contribution in [0.5, 0.6) is 0 Å². The molecule has 1 aromatic rings. The molecular formula is C13H16O3S. The molecule has 0 radical (unpaired) electrons. The molecule has 0 aliphatic carbocycles. The molecule has 0 aliphatic heterocycles. The Balaban J connectivity index is 2.61. The number of ether oxygens (including phenoxy) is 2. The van der Waals surface area contributed by atoms with Crippen molar-refractivity contribution in [2.24, 2.45) is 0 Å². The van der Waals surface area contributed by atoms with Crippen molar-refractivity contribution in [3.05, 3.63) is 41.9 Å². The monoisotopic (exact) mass is 252 g/mol. The minimum atomic E-state index is 0.0319. The Morgan fingerprint density at radius 3 is 2.35 bits per heavy atom. The third-order valence-electron chi connectivity index (χ3n) is 2.23. The Morgan fingerprint density at radius 2 is 1.82 bits per heavy atom. The summed E-state index contributed by atoms with van der Waals surface area (Å²) in [5.74, 6) is 1.20. The lowest BCUT2D eigenvalue weighted by atomic mass is 10.3. The smallest absolute Gasteiger partial charge is 0.201 e. The van der Waals surface area contributed by atoms with Crippen LogP contribution in [0, 0.1) is 0 Å². The van der Waals surface area contributed by atoms with Crippen LogP contribution in [0.4, 0.5) is 0 Å². The maximum absolute atomic E-state index is 11.8. The largest absolute Gasteiger partial charge is 0.498 e. The van der Waals surface area contributed by atoms with Crippen LogP contribution in [0.25, 0.3) is 0 Å². The molecule has 0 bridgehead atoms. The standard InChI is InChI=1S/C13H16O3S/c1-10(15-2)12(16-3)9-13(14)17-11-7-5-4-6-8-11/h4-8H,9H2,1-3H3/b12-10-. The molecule has 0 saturated heterocycles. The number of carbonyl (C=O) groups excluding carboxylic acids is 1. The summed E-state index contributed by atoms with van der Waals surface area (Å²) >= 11 is 1.21. The summed E-state index contributed by atoms with van der Waals surface area (Å²) in [5.41, 5.74) is 0. The molecule has 0 aliphatic rings. The van der Waals surface area contributed by atoms with E-state index in [9.17, 15) is 4.79 Å². The molecule has 4 heteroatoms. The second kappa shape index (κ2) is 7.01. The summed E-state index contributed by atoms with van der Waals surface area (Å²) in [6, 6.07) is 9.54. The second-order valence-corrected chi connectivity index (χ2v) is 4.48. The molecule has 0 saturated carbocycles. The molecule has 0 heterocycles. The third-order valence-corrected chi connectivity index (χ3v) is 3.10. The Labute approximate surface area is 106 Å².